The molecule has 0 aliphatic heterocycles. The first-order valence-electron chi connectivity index (χ1n) is 4.48. The lowest BCUT2D eigenvalue weighted by molar-refractivity contribution is -0.131. The summed E-state index contributed by atoms with van der Waals surface area (Å²) in [5, 5.41) is 0. The van der Waals surface area contributed by atoms with Crippen molar-refractivity contribution in [2.75, 3.05) is 0 Å². The van der Waals surface area contributed by atoms with Crippen LogP contribution in [-0.4, -0.2) is 5.97 Å². The number of carbonyl (C=O) groups is 1. The number of halogens is 2. The van der Waals surface area contributed by atoms with Crippen LogP contribution in [0.15, 0.2) is 18.2 Å². The van der Waals surface area contributed by atoms with Gasteiger partial charge in [0.25, 0.3) is 5.92 Å². The van der Waals surface area contributed by atoms with Crippen molar-refractivity contribution in [3.05, 3.63) is 29.3 Å². The summed E-state index contributed by atoms with van der Waals surface area (Å²) in [6, 6.07) is 4.06. The van der Waals surface area contributed by atoms with E-state index < -0.39 is 11.9 Å². The number of aryl methyl sites for hydroxylation is 1. The Bertz CT molecular complexity index is 381. The number of ether oxygens (including phenoxy) is 1. The average molecular weight is 214 g/mol. The highest BCUT2D eigenvalue weighted by Gasteiger charge is 2.26. The Balaban J connectivity index is 3.04. The fourth-order valence-corrected chi connectivity index (χ4v) is 1.36. The molecule has 0 aromatic heterocycles. The first kappa shape index (κ1) is 11.6. The van der Waals surface area contributed by atoms with Crippen molar-refractivity contribution in [3.63, 3.8) is 0 Å². The third-order valence-corrected chi connectivity index (χ3v) is 1.93. The van der Waals surface area contributed by atoms with E-state index in [0.717, 1.165) is 6.92 Å². The average Bonchev–Trinajstić information content (AvgIpc) is 1.99. The molecule has 15 heavy (non-hydrogen) atoms. The molecule has 0 N–H and O–H groups in total. The van der Waals surface area contributed by atoms with Gasteiger partial charge in [0, 0.05) is 19.4 Å². The third-order valence-electron chi connectivity index (χ3n) is 1.93. The highest BCUT2D eigenvalue weighted by molar-refractivity contribution is 5.69. The minimum absolute atomic E-state index is 0.0570. The van der Waals surface area contributed by atoms with Gasteiger partial charge in [0.1, 0.15) is 5.75 Å². The normalized spacial score (nSPS) is 11.3. The number of hydrogen-bond acceptors (Lipinski definition) is 2. The zero-order valence-electron chi connectivity index (χ0n) is 8.80. The molecule has 0 fully saturated rings. The topological polar surface area (TPSA) is 26.3 Å². The lowest BCUT2D eigenvalue weighted by Crippen LogP contribution is -2.10. The molecule has 1 rings (SSSR count). The Morgan fingerprint density at radius 2 is 2.00 bits per heavy atom. The summed E-state index contributed by atoms with van der Waals surface area (Å²) in [6.45, 7) is 3.65. The van der Waals surface area contributed by atoms with E-state index in [9.17, 15) is 13.6 Å². The Hall–Kier alpha value is -1.45. The molecular formula is C11H12F2O2. The predicted molar refractivity (Wildman–Crippen MR) is 52.1 cm³/mol. The molecule has 0 bridgehead atoms. The fourth-order valence-electron chi connectivity index (χ4n) is 1.36. The van der Waals surface area contributed by atoms with Crippen molar-refractivity contribution < 1.29 is 18.3 Å². The Morgan fingerprint density at radius 3 is 2.40 bits per heavy atom. The van der Waals surface area contributed by atoms with E-state index in [1.807, 2.05) is 0 Å². The van der Waals surface area contributed by atoms with E-state index >= 15 is 0 Å². The van der Waals surface area contributed by atoms with Gasteiger partial charge in [-0.15, -0.1) is 0 Å². The van der Waals surface area contributed by atoms with Crippen LogP contribution in [0.2, 0.25) is 0 Å². The van der Waals surface area contributed by atoms with E-state index in [1.54, 1.807) is 6.92 Å². The molecule has 4 heteroatoms. The van der Waals surface area contributed by atoms with E-state index in [1.165, 1.54) is 25.1 Å². The molecule has 82 valence electrons. The minimum atomic E-state index is -2.88. The van der Waals surface area contributed by atoms with Crippen molar-refractivity contribution in [3.8, 4) is 5.75 Å². The standard InChI is InChI=1S/C11H12F2O2/c1-7-6-9(15-8(2)14)4-5-10(7)11(3,12)13/h4-6H,1-3H3. The van der Waals surface area contributed by atoms with Gasteiger partial charge in [-0.1, -0.05) is 0 Å². The molecule has 1 aromatic rings. The smallest absolute Gasteiger partial charge is 0.308 e. The Morgan fingerprint density at radius 1 is 1.40 bits per heavy atom. The molecule has 0 unspecified atom stereocenters. The molecule has 0 amide bonds. The minimum Gasteiger partial charge on any atom is -0.427 e. The van der Waals surface area contributed by atoms with Crippen LogP contribution < -0.4 is 4.74 Å². The van der Waals surface area contributed by atoms with E-state index in [0.29, 0.717) is 5.56 Å². The van der Waals surface area contributed by atoms with Crippen molar-refractivity contribution >= 4 is 5.97 Å². The van der Waals surface area contributed by atoms with Crippen LogP contribution in [0, 0.1) is 6.92 Å². The Kier molecular flexibility index (Phi) is 3.07. The summed E-state index contributed by atoms with van der Waals surface area (Å²) >= 11 is 0. The van der Waals surface area contributed by atoms with Crippen LogP contribution in [0.3, 0.4) is 0 Å². The summed E-state index contributed by atoms with van der Waals surface area (Å²) in [4.78, 5) is 10.6. The molecule has 0 aliphatic rings. The second kappa shape index (κ2) is 3.96. The summed E-state index contributed by atoms with van der Waals surface area (Å²) in [6.07, 6.45) is 0. The maximum absolute atomic E-state index is 13.0. The largest absolute Gasteiger partial charge is 0.427 e. The van der Waals surface area contributed by atoms with E-state index in [2.05, 4.69) is 0 Å². The molecule has 0 radical (unpaired) electrons. The highest BCUT2D eigenvalue weighted by Crippen LogP contribution is 2.31. The zero-order valence-corrected chi connectivity index (χ0v) is 8.80. The van der Waals surface area contributed by atoms with Crippen LogP contribution in [0.25, 0.3) is 0 Å². The van der Waals surface area contributed by atoms with Crippen molar-refractivity contribution in [2.45, 2.75) is 26.7 Å². The first-order valence-corrected chi connectivity index (χ1v) is 4.48. The molecule has 0 saturated carbocycles. The van der Waals surface area contributed by atoms with Gasteiger partial charge in [0.2, 0.25) is 0 Å². The lowest BCUT2D eigenvalue weighted by atomic mass is 10.0. The molecule has 2 nitrogen and oxygen atoms in total. The van der Waals surface area contributed by atoms with Gasteiger partial charge in [-0.25, -0.2) is 8.78 Å². The fraction of sp³-hybridized carbons (Fsp3) is 0.364. The number of alkyl halides is 2. The number of carbonyl (C=O) groups excluding carboxylic acids is 1. The molecule has 1 aromatic carbocycles. The Labute approximate surface area is 86.9 Å². The zero-order chi connectivity index (χ0) is 11.6. The number of esters is 1. The van der Waals surface area contributed by atoms with Gasteiger partial charge >= 0.3 is 5.97 Å². The SMILES string of the molecule is CC(=O)Oc1ccc(C(C)(F)F)c(C)c1. The van der Waals surface area contributed by atoms with Gasteiger partial charge in [-0.3, -0.25) is 4.79 Å². The first-order chi connectivity index (χ1) is 6.80. The monoisotopic (exact) mass is 214 g/mol. The van der Waals surface area contributed by atoms with Crippen LogP contribution in [0.1, 0.15) is 25.0 Å². The number of benzene rings is 1. The molecule has 0 spiro atoms. The molecule has 0 heterocycles. The van der Waals surface area contributed by atoms with Gasteiger partial charge in [0.15, 0.2) is 0 Å². The number of hydrogen-bond donors (Lipinski definition) is 0. The second-order valence-electron chi connectivity index (χ2n) is 3.46. The maximum Gasteiger partial charge on any atom is 0.308 e. The quantitative estimate of drug-likeness (QED) is 0.558. The van der Waals surface area contributed by atoms with Crippen LogP contribution in [0.4, 0.5) is 8.78 Å². The van der Waals surface area contributed by atoms with Crippen molar-refractivity contribution in [1.29, 1.82) is 0 Å². The lowest BCUT2D eigenvalue weighted by Gasteiger charge is -2.14. The van der Waals surface area contributed by atoms with Crippen molar-refractivity contribution in [1.82, 2.24) is 0 Å². The van der Waals surface area contributed by atoms with E-state index in [-0.39, 0.29) is 11.3 Å². The third kappa shape index (κ3) is 3.01. The highest BCUT2D eigenvalue weighted by atomic mass is 19.3. The molecule has 0 saturated heterocycles. The summed E-state index contributed by atoms with van der Waals surface area (Å²) < 4.78 is 30.8. The summed E-state index contributed by atoms with van der Waals surface area (Å²) in [5.74, 6) is -3.06. The summed E-state index contributed by atoms with van der Waals surface area (Å²) in [7, 11) is 0. The summed E-state index contributed by atoms with van der Waals surface area (Å²) in [5.41, 5.74) is 0.347. The number of rotatable bonds is 2. The van der Waals surface area contributed by atoms with Crippen LogP contribution in [0.5, 0.6) is 5.75 Å². The van der Waals surface area contributed by atoms with Gasteiger partial charge in [-0.2, -0.15) is 0 Å². The van der Waals surface area contributed by atoms with Gasteiger partial charge < -0.3 is 4.74 Å². The van der Waals surface area contributed by atoms with Gasteiger partial charge in [-0.05, 0) is 30.7 Å². The van der Waals surface area contributed by atoms with Gasteiger partial charge in [0.05, 0.1) is 0 Å². The molecule has 0 atom stereocenters. The van der Waals surface area contributed by atoms with E-state index in [4.69, 9.17) is 4.74 Å². The van der Waals surface area contributed by atoms with Crippen molar-refractivity contribution in [2.24, 2.45) is 0 Å². The second-order valence-corrected chi connectivity index (χ2v) is 3.46. The van der Waals surface area contributed by atoms with Crippen LogP contribution in [-0.2, 0) is 10.7 Å². The molecule has 0 aliphatic carbocycles. The predicted octanol–water partition coefficient (Wildman–Crippen LogP) is 3.03. The molecular weight excluding hydrogens is 202 g/mol. The van der Waals surface area contributed by atoms with Crippen LogP contribution >= 0.6 is 0 Å². The maximum atomic E-state index is 13.0.